The Balaban J connectivity index is 2.32. The molecule has 1 N–H and O–H groups in total. The lowest BCUT2D eigenvalue weighted by molar-refractivity contribution is 0.425. The lowest BCUT2D eigenvalue weighted by Gasteiger charge is -2.15. The van der Waals surface area contributed by atoms with E-state index in [9.17, 15) is 0 Å². The van der Waals surface area contributed by atoms with Gasteiger partial charge in [-0.3, -0.25) is 0 Å². The van der Waals surface area contributed by atoms with Crippen LogP contribution in [0.4, 0.5) is 0 Å². The minimum absolute atomic E-state index is 0.187. The Hall–Kier alpha value is -1.06. The summed E-state index contributed by atoms with van der Waals surface area (Å²) in [7, 11) is 0. The van der Waals surface area contributed by atoms with E-state index in [0.29, 0.717) is 0 Å². The predicted molar refractivity (Wildman–Crippen MR) is 72.7 cm³/mol. The van der Waals surface area contributed by atoms with E-state index in [1.165, 1.54) is 10.4 Å². The Bertz CT molecular complexity index is 472. The summed E-state index contributed by atoms with van der Waals surface area (Å²) in [5.41, 5.74) is 1.33. The Kier molecular flexibility index (Phi) is 4.02. The van der Waals surface area contributed by atoms with Crippen LogP contribution in [0.2, 0.25) is 0 Å². The molecule has 3 heteroatoms. The van der Waals surface area contributed by atoms with Gasteiger partial charge in [-0.1, -0.05) is 13.8 Å². The number of thiophene rings is 1. The number of nitrogens with one attached hydrogen (secondary N) is 1. The molecule has 0 aliphatic carbocycles. The molecule has 1 unspecified atom stereocenters. The number of rotatable bonds is 5. The second-order valence-corrected chi connectivity index (χ2v) is 5.20. The molecule has 2 aromatic heterocycles. The third kappa shape index (κ3) is 2.61. The minimum atomic E-state index is 0.187. The van der Waals surface area contributed by atoms with Crippen molar-refractivity contribution in [1.29, 1.82) is 0 Å². The Morgan fingerprint density at radius 1 is 1.29 bits per heavy atom. The molecule has 0 aliphatic heterocycles. The Morgan fingerprint density at radius 2 is 2.12 bits per heavy atom. The van der Waals surface area contributed by atoms with Gasteiger partial charge in [0.05, 0.1) is 6.04 Å². The van der Waals surface area contributed by atoms with Crippen molar-refractivity contribution in [2.45, 2.75) is 33.2 Å². The zero-order valence-corrected chi connectivity index (χ0v) is 11.4. The second-order valence-electron chi connectivity index (χ2n) is 4.08. The summed E-state index contributed by atoms with van der Waals surface area (Å²) < 4.78 is 5.87. The fourth-order valence-electron chi connectivity index (χ4n) is 2.00. The zero-order chi connectivity index (χ0) is 12.3. The molecule has 0 aliphatic rings. The molecule has 0 saturated carbocycles. The summed E-state index contributed by atoms with van der Waals surface area (Å²) in [4.78, 5) is 1.35. The van der Waals surface area contributed by atoms with Gasteiger partial charge >= 0.3 is 0 Å². The van der Waals surface area contributed by atoms with Crippen LogP contribution < -0.4 is 5.32 Å². The van der Waals surface area contributed by atoms with E-state index in [1.54, 1.807) is 11.3 Å². The fraction of sp³-hybridized carbons (Fsp3) is 0.429. The first-order valence-corrected chi connectivity index (χ1v) is 7.00. The van der Waals surface area contributed by atoms with E-state index in [2.05, 4.69) is 49.7 Å². The monoisotopic (exact) mass is 249 g/mol. The first-order chi connectivity index (χ1) is 8.26. The molecule has 1 atom stereocenters. The molecule has 2 rings (SSSR count). The van der Waals surface area contributed by atoms with E-state index < -0.39 is 0 Å². The van der Waals surface area contributed by atoms with Gasteiger partial charge in [0, 0.05) is 11.3 Å². The Labute approximate surface area is 107 Å². The van der Waals surface area contributed by atoms with Gasteiger partial charge in [0.25, 0.3) is 0 Å². The summed E-state index contributed by atoms with van der Waals surface area (Å²) in [6.07, 6.45) is 0.946. The van der Waals surface area contributed by atoms with Crippen LogP contribution in [0.5, 0.6) is 0 Å². The van der Waals surface area contributed by atoms with Crippen LogP contribution in [0.25, 0.3) is 0 Å². The highest BCUT2D eigenvalue weighted by atomic mass is 32.1. The predicted octanol–water partition coefficient (Wildman–Crippen LogP) is 3.91. The molecular formula is C14H19NOS. The maximum atomic E-state index is 5.87. The maximum Gasteiger partial charge on any atom is 0.125 e. The molecule has 2 heterocycles. The smallest absolute Gasteiger partial charge is 0.125 e. The summed E-state index contributed by atoms with van der Waals surface area (Å²) in [6.45, 7) is 7.33. The van der Waals surface area contributed by atoms with Crippen LogP contribution in [-0.2, 0) is 6.42 Å². The molecule has 92 valence electrons. The van der Waals surface area contributed by atoms with Crippen molar-refractivity contribution in [3.05, 3.63) is 45.5 Å². The highest BCUT2D eigenvalue weighted by Crippen LogP contribution is 2.29. The summed E-state index contributed by atoms with van der Waals surface area (Å²) >= 11 is 1.78. The SMILES string of the molecule is CCNC(c1ccc(CC)o1)c1ccsc1C. The van der Waals surface area contributed by atoms with Crippen LogP contribution in [0.15, 0.2) is 28.0 Å². The third-order valence-corrected chi connectivity index (χ3v) is 3.80. The Morgan fingerprint density at radius 3 is 2.65 bits per heavy atom. The highest BCUT2D eigenvalue weighted by Gasteiger charge is 2.19. The summed E-state index contributed by atoms with van der Waals surface area (Å²) in [6, 6.07) is 6.53. The van der Waals surface area contributed by atoms with Gasteiger partial charge in [-0.2, -0.15) is 0 Å². The van der Waals surface area contributed by atoms with Crippen molar-refractivity contribution in [3.8, 4) is 0 Å². The van der Waals surface area contributed by atoms with E-state index >= 15 is 0 Å². The highest BCUT2D eigenvalue weighted by molar-refractivity contribution is 7.10. The number of furan rings is 1. The van der Waals surface area contributed by atoms with E-state index in [0.717, 1.165) is 24.5 Å². The van der Waals surface area contributed by atoms with Gasteiger partial charge in [0.2, 0.25) is 0 Å². The maximum absolute atomic E-state index is 5.87. The van der Waals surface area contributed by atoms with Crippen molar-refractivity contribution >= 4 is 11.3 Å². The summed E-state index contributed by atoms with van der Waals surface area (Å²) in [5, 5.41) is 5.63. The number of aryl methyl sites for hydroxylation is 2. The van der Waals surface area contributed by atoms with Crippen LogP contribution in [0, 0.1) is 6.92 Å². The van der Waals surface area contributed by atoms with Crippen molar-refractivity contribution in [3.63, 3.8) is 0 Å². The molecule has 17 heavy (non-hydrogen) atoms. The fourth-order valence-corrected chi connectivity index (χ4v) is 2.74. The number of hydrogen-bond acceptors (Lipinski definition) is 3. The first kappa shape index (κ1) is 12.4. The molecule has 0 saturated heterocycles. The zero-order valence-electron chi connectivity index (χ0n) is 10.6. The van der Waals surface area contributed by atoms with Gasteiger partial charge in [-0.25, -0.2) is 0 Å². The van der Waals surface area contributed by atoms with Crippen LogP contribution >= 0.6 is 11.3 Å². The van der Waals surface area contributed by atoms with Gasteiger partial charge in [0.1, 0.15) is 11.5 Å². The van der Waals surface area contributed by atoms with Crippen LogP contribution in [-0.4, -0.2) is 6.54 Å². The second kappa shape index (κ2) is 5.52. The molecule has 0 bridgehead atoms. The largest absolute Gasteiger partial charge is 0.464 e. The molecule has 2 aromatic rings. The topological polar surface area (TPSA) is 25.2 Å². The van der Waals surface area contributed by atoms with Crippen LogP contribution in [0.3, 0.4) is 0 Å². The van der Waals surface area contributed by atoms with Crippen molar-refractivity contribution in [2.75, 3.05) is 6.54 Å². The van der Waals surface area contributed by atoms with E-state index in [4.69, 9.17) is 4.42 Å². The average molecular weight is 249 g/mol. The van der Waals surface area contributed by atoms with Crippen molar-refractivity contribution in [1.82, 2.24) is 5.32 Å². The molecule has 2 nitrogen and oxygen atoms in total. The molecule has 0 amide bonds. The molecular weight excluding hydrogens is 230 g/mol. The molecule has 0 spiro atoms. The molecule has 0 aromatic carbocycles. The minimum Gasteiger partial charge on any atom is -0.464 e. The lowest BCUT2D eigenvalue weighted by Crippen LogP contribution is -2.21. The van der Waals surface area contributed by atoms with Crippen molar-refractivity contribution < 1.29 is 4.42 Å². The summed E-state index contributed by atoms with van der Waals surface area (Å²) in [5.74, 6) is 2.07. The lowest BCUT2D eigenvalue weighted by atomic mass is 10.1. The number of hydrogen-bond donors (Lipinski definition) is 1. The molecule has 0 fully saturated rings. The standard InChI is InChI=1S/C14H19NOS/c1-4-11-6-7-13(16-11)14(15-5-2)12-8-9-17-10(12)3/h6-9,14-15H,4-5H2,1-3H3. The van der Waals surface area contributed by atoms with Gasteiger partial charge in [-0.05, 0) is 42.6 Å². The molecule has 0 radical (unpaired) electrons. The first-order valence-electron chi connectivity index (χ1n) is 6.12. The van der Waals surface area contributed by atoms with Crippen molar-refractivity contribution in [2.24, 2.45) is 0 Å². The third-order valence-electron chi connectivity index (χ3n) is 2.93. The quantitative estimate of drug-likeness (QED) is 0.869. The van der Waals surface area contributed by atoms with E-state index in [-0.39, 0.29) is 6.04 Å². The van der Waals surface area contributed by atoms with Crippen LogP contribution in [0.1, 0.15) is 41.9 Å². The van der Waals surface area contributed by atoms with Gasteiger partial charge in [0.15, 0.2) is 0 Å². The normalized spacial score (nSPS) is 12.9. The van der Waals surface area contributed by atoms with Gasteiger partial charge < -0.3 is 9.73 Å². The van der Waals surface area contributed by atoms with E-state index in [1.807, 2.05) is 0 Å². The average Bonchev–Trinajstić information content (AvgIpc) is 2.95. The van der Waals surface area contributed by atoms with Gasteiger partial charge in [-0.15, -0.1) is 11.3 Å².